The number of hydrogen-bond donors (Lipinski definition) is 1. The Labute approximate surface area is 167 Å². The van der Waals surface area contributed by atoms with Gasteiger partial charge < -0.3 is 5.32 Å². The second kappa shape index (κ2) is 7.18. The highest BCUT2D eigenvalue weighted by atomic mass is 19.4. The monoisotopic (exact) mass is 421 g/mol. The summed E-state index contributed by atoms with van der Waals surface area (Å²) in [4.78, 5) is 25.1. The molecule has 0 bridgehead atoms. The van der Waals surface area contributed by atoms with Crippen LogP contribution in [0.5, 0.6) is 0 Å². The normalized spacial score (nSPS) is 14.5. The SMILES string of the molecule is CC(C)c1nn(CC(=O)Nc2ccc(C(F)(F)F)nn2)c(=O)c2cc(C3CC3)nn12. The summed E-state index contributed by atoms with van der Waals surface area (Å²) in [5, 5.41) is 17.5. The minimum Gasteiger partial charge on any atom is -0.308 e. The first-order valence-electron chi connectivity index (χ1n) is 9.35. The summed E-state index contributed by atoms with van der Waals surface area (Å²) in [6.45, 7) is 3.36. The van der Waals surface area contributed by atoms with Crippen molar-refractivity contribution in [3.63, 3.8) is 0 Å². The predicted octanol–water partition coefficient (Wildman–Crippen LogP) is 2.34. The average Bonchev–Trinajstić information content (AvgIpc) is 3.42. The third-order valence-corrected chi connectivity index (χ3v) is 4.65. The van der Waals surface area contributed by atoms with Crippen LogP contribution in [0.15, 0.2) is 23.0 Å². The van der Waals surface area contributed by atoms with E-state index in [2.05, 4.69) is 25.7 Å². The van der Waals surface area contributed by atoms with Crippen molar-refractivity contribution in [2.45, 2.75) is 51.2 Å². The number of nitrogens with one attached hydrogen (secondary N) is 1. The number of fused-ring (bicyclic) bond motifs is 1. The van der Waals surface area contributed by atoms with E-state index in [0.717, 1.165) is 29.3 Å². The lowest BCUT2D eigenvalue weighted by Gasteiger charge is -2.11. The van der Waals surface area contributed by atoms with Crippen LogP contribution >= 0.6 is 0 Å². The molecule has 0 aliphatic heterocycles. The molecule has 1 amide bonds. The van der Waals surface area contributed by atoms with Gasteiger partial charge in [0.05, 0.1) is 5.69 Å². The molecule has 3 heterocycles. The zero-order valence-corrected chi connectivity index (χ0v) is 16.1. The first-order chi connectivity index (χ1) is 14.1. The van der Waals surface area contributed by atoms with Crippen LogP contribution < -0.4 is 10.9 Å². The Hall–Kier alpha value is -3.31. The molecule has 0 atom stereocenters. The fourth-order valence-corrected chi connectivity index (χ4v) is 2.98. The molecule has 4 rings (SSSR count). The molecule has 0 aromatic carbocycles. The Morgan fingerprint density at radius 1 is 1.23 bits per heavy atom. The maximum absolute atomic E-state index is 12.8. The molecule has 1 fully saturated rings. The third-order valence-electron chi connectivity index (χ3n) is 4.65. The first-order valence-corrected chi connectivity index (χ1v) is 9.35. The average molecular weight is 421 g/mol. The van der Waals surface area contributed by atoms with Crippen molar-refractivity contribution in [3.05, 3.63) is 45.8 Å². The summed E-state index contributed by atoms with van der Waals surface area (Å²) in [6, 6.07) is 3.43. The van der Waals surface area contributed by atoms with Gasteiger partial charge >= 0.3 is 6.18 Å². The number of aromatic nitrogens is 6. The van der Waals surface area contributed by atoms with Crippen LogP contribution in [0.2, 0.25) is 0 Å². The molecule has 0 saturated heterocycles. The molecule has 30 heavy (non-hydrogen) atoms. The molecule has 1 aliphatic carbocycles. The quantitative estimate of drug-likeness (QED) is 0.678. The van der Waals surface area contributed by atoms with E-state index in [9.17, 15) is 22.8 Å². The zero-order valence-electron chi connectivity index (χ0n) is 16.1. The van der Waals surface area contributed by atoms with E-state index in [1.807, 2.05) is 13.8 Å². The summed E-state index contributed by atoms with van der Waals surface area (Å²) < 4.78 is 40.2. The van der Waals surface area contributed by atoms with Crippen molar-refractivity contribution in [2.75, 3.05) is 5.32 Å². The molecule has 3 aromatic heterocycles. The first kappa shape index (κ1) is 20.0. The Morgan fingerprint density at radius 3 is 2.53 bits per heavy atom. The fourth-order valence-electron chi connectivity index (χ4n) is 2.98. The summed E-state index contributed by atoms with van der Waals surface area (Å²) in [7, 11) is 0. The van der Waals surface area contributed by atoms with Gasteiger partial charge in [0.15, 0.2) is 17.3 Å². The Morgan fingerprint density at radius 2 is 1.97 bits per heavy atom. The van der Waals surface area contributed by atoms with Crippen molar-refractivity contribution >= 4 is 17.2 Å². The number of anilines is 1. The third kappa shape index (κ3) is 3.89. The van der Waals surface area contributed by atoms with Gasteiger partial charge in [0.2, 0.25) is 5.91 Å². The summed E-state index contributed by atoms with van der Waals surface area (Å²) in [5.41, 5.74) is -0.485. The largest absolute Gasteiger partial charge is 0.435 e. The molecule has 1 saturated carbocycles. The van der Waals surface area contributed by atoms with Gasteiger partial charge in [0.1, 0.15) is 12.1 Å². The highest BCUT2D eigenvalue weighted by Gasteiger charge is 2.33. The molecule has 0 radical (unpaired) electrons. The second-order valence-corrected chi connectivity index (χ2v) is 7.47. The van der Waals surface area contributed by atoms with E-state index in [4.69, 9.17) is 0 Å². The van der Waals surface area contributed by atoms with Crippen molar-refractivity contribution in [3.8, 4) is 0 Å². The number of halogens is 3. The fraction of sp³-hybridized carbons (Fsp3) is 0.444. The van der Waals surface area contributed by atoms with Crippen LogP contribution in [0.3, 0.4) is 0 Å². The van der Waals surface area contributed by atoms with E-state index < -0.39 is 29.9 Å². The second-order valence-electron chi connectivity index (χ2n) is 7.47. The minimum atomic E-state index is -4.63. The van der Waals surface area contributed by atoms with E-state index in [0.29, 0.717) is 23.3 Å². The number of carbonyl (C=O) groups excluding carboxylic acids is 1. The van der Waals surface area contributed by atoms with Gasteiger partial charge in [-0.1, -0.05) is 13.8 Å². The number of nitrogens with zero attached hydrogens (tertiary/aromatic N) is 6. The highest BCUT2D eigenvalue weighted by Crippen LogP contribution is 2.39. The van der Waals surface area contributed by atoms with Crippen LogP contribution in [-0.4, -0.2) is 35.5 Å². The molecule has 0 unspecified atom stereocenters. The van der Waals surface area contributed by atoms with Crippen LogP contribution in [-0.2, 0) is 17.5 Å². The van der Waals surface area contributed by atoms with Gasteiger partial charge in [-0.2, -0.15) is 23.4 Å². The molecule has 158 valence electrons. The molecule has 9 nitrogen and oxygen atoms in total. The molecule has 12 heteroatoms. The van der Waals surface area contributed by atoms with Crippen molar-refractivity contribution in [1.82, 2.24) is 29.6 Å². The van der Waals surface area contributed by atoms with Gasteiger partial charge in [-0.05, 0) is 31.0 Å². The number of amides is 1. The topological polar surface area (TPSA) is 107 Å². The smallest absolute Gasteiger partial charge is 0.308 e. The predicted molar refractivity (Wildman–Crippen MR) is 99.0 cm³/mol. The Balaban J connectivity index is 1.59. The van der Waals surface area contributed by atoms with Crippen LogP contribution in [0.1, 0.15) is 55.7 Å². The van der Waals surface area contributed by atoms with Crippen molar-refractivity contribution in [1.29, 1.82) is 0 Å². The number of alkyl halides is 3. The number of hydrogen-bond acceptors (Lipinski definition) is 6. The van der Waals surface area contributed by atoms with Crippen molar-refractivity contribution in [2.24, 2.45) is 0 Å². The number of carbonyl (C=O) groups is 1. The van der Waals surface area contributed by atoms with Gasteiger partial charge in [-0.3, -0.25) is 9.59 Å². The molecular weight excluding hydrogens is 403 g/mol. The minimum absolute atomic E-state index is 0.0601. The highest BCUT2D eigenvalue weighted by molar-refractivity contribution is 5.89. The standard InChI is InChI=1S/C18H18F3N7O2/c1-9(2)16-26-27(17(30)12-7-11(10-3-4-10)25-28(12)16)8-15(29)22-14-6-5-13(23-24-14)18(19,20)21/h5-7,9-10H,3-4,8H2,1-2H3,(H,22,24,29). The van der Waals surface area contributed by atoms with Crippen LogP contribution in [0, 0.1) is 0 Å². The summed E-state index contributed by atoms with van der Waals surface area (Å²) in [5.74, 6) is -0.0145. The molecule has 1 aliphatic rings. The lowest BCUT2D eigenvalue weighted by Crippen LogP contribution is -2.32. The maximum atomic E-state index is 12.8. The molecule has 1 N–H and O–H groups in total. The van der Waals surface area contributed by atoms with Crippen LogP contribution in [0.25, 0.3) is 5.52 Å². The van der Waals surface area contributed by atoms with E-state index in [1.165, 1.54) is 4.52 Å². The van der Waals surface area contributed by atoms with Gasteiger partial charge in [-0.15, -0.1) is 10.2 Å². The molecule has 0 spiro atoms. The summed E-state index contributed by atoms with van der Waals surface area (Å²) >= 11 is 0. The maximum Gasteiger partial charge on any atom is 0.435 e. The zero-order chi connectivity index (χ0) is 21.6. The lowest BCUT2D eigenvalue weighted by atomic mass is 10.2. The van der Waals surface area contributed by atoms with E-state index in [-0.39, 0.29) is 11.7 Å². The van der Waals surface area contributed by atoms with Crippen molar-refractivity contribution < 1.29 is 18.0 Å². The lowest BCUT2D eigenvalue weighted by molar-refractivity contribution is -0.141. The van der Waals surface area contributed by atoms with Gasteiger partial charge in [0, 0.05) is 11.8 Å². The van der Waals surface area contributed by atoms with Gasteiger partial charge in [0.25, 0.3) is 5.56 Å². The molecular formula is C18H18F3N7O2. The van der Waals surface area contributed by atoms with Crippen LogP contribution in [0.4, 0.5) is 19.0 Å². The van der Waals surface area contributed by atoms with E-state index >= 15 is 0 Å². The molecule has 3 aromatic rings. The Bertz CT molecular complexity index is 1160. The van der Waals surface area contributed by atoms with E-state index in [1.54, 1.807) is 6.07 Å². The summed E-state index contributed by atoms with van der Waals surface area (Å²) in [6.07, 6.45) is -2.57. The van der Waals surface area contributed by atoms with Gasteiger partial charge in [-0.25, -0.2) is 9.20 Å². The Kier molecular flexibility index (Phi) is 4.79. The number of rotatable bonds is 5.